The quantitative estimate of drug-likeness (QED) is 0.518. The second-order valence-electron chi connectivity index (χ2n) is 7.65. The lowest BCUT2D eigenvalue weighted by Gasteiger charge is -2.22. The minimum absolute atomic E-state index is 0.0580. The topological polar surface area (TPSA) is 97.8 Å². The van der Waals surface area contributed by atoms with Crippen molar-refractivity contribution in [2.24, 2.45) is 0 Å². The Balaban J connectivity index is 1.34. The number of benzene rings is 2. The minimum atomic E-state index is -0.716. The predicted molar refractivity (Wildman–Crippen MR) is 122 cm³/mol. The number of aromatic nitrogens is 1. The lowest BCUT2D eigenvalue weighted by atomic mass is 10.1. The van der Waals surface area contributed by atoms with Crippen LogP contribution in [-0.2, 0) is 14.3 Å². The Morgan fingerprint density at radius 2 is 1.79 bits per heavy atom. The highest BCUT2D eigenvalue weighted by Crippen LogP contribution is 2.33. The van der Waals surface area contributed by atoms with Crippen molar-refractivity contribution in [3.05, 3.63) is 76.5 Å². The molecule has 0 unspecified atom stereocenters. The van der Waals surface area contributed by atoms with E-state index in [1.54, 1.807) is 30.5 Å². The Morgan fingerprint density at radius 3 is 2.41 bits per heavy atom. The molecule has 2 heterocycles. The molecule has 0 saturated carbocycles. The van der Waals surface area contributed by atoms with Gasteiger partial charge >= 0.3 is 5.97 Å². The zero-order valence-electron chi connectivity index (χ0n) is 18.3. The van der Waals surface area contributed by atoms with E-state index in [0.29, 0.717) is 30.0 Å². The van der Waals surface area contributed by atoms with Gasteiger partial charge in [0.2, 0.25) is 5.91 Å². The summed E-state index contributed by atoms with van der Waals surface area (Å²) in [4.78, 5) is 43.3. The number of ether oxygens (including phenoxy) is 2. The van der Waals surface area contributed by atoms with Crippen LogP contribution >= 0.6 is 11.3 Å². The molecule has 10 heteroatoms. The monoisotopic (exact) mass is 483 g/mol. The van der Waals surface area contributed by atoms with Gasteiger partial charge in [-0.25, -0.2) is 14.2 Å². The first kappa shape index (κ1) is 23.4. The zero-order chi connectivity index (χ0) is 24.1. The van der Waals surface area contributed by atoms with Gasteiger partial charge in [0, 0.05) is 29.6 Å². The van der Waals surface area contributed by atoms with Gasteiger partial charge in [0.1, 0.15) is 23.4 Å². The molecule has 3 aromatic rings. The third-order valence-electron chi connectivity index (χ3n) is 5.46. The summed E-state index contributed by atoms with van der Waals surface area (Å²) < 4.78 is 23.5. The molecule has 2 amide bonds. The summed E-state index contributed by atoms with van der Waals surface area (Å²) in [6, 6.07) is 11.2. The standard InChI is InChI=1S/C24H22FN3O5S/c1-32-24(31)20-12-16(23-26-10-11-34-23)14-28(20)21(29)13-27-22(30)15-2-6-18(7-3-15)33-19-8-4-17(25)5-9-19/h2-11,16,20H,12-14H2,1H3,(H,27,30)/t16-,20-/m0/s1. The highest BCUT2D eigenvalue weighted by atomic mass is 32.1. The fourth-order valence-electron chi connectivity index (χ4n) is 3.76. The molecule has 1 N–H and O–H groups in total. The number of hydrogen-bond acceptors (Lipinski definition) is 7. The zero-order valence-corrected chi connectivity index (χ0v) is 19.1. The first-order valence-electron chi connectivity index (χ1n) is 10.5. The smallest absolute Gasteiger partial charge is 0.328 e. The molecule has 8 nitrogen and oxygen atoms in total. The van der Waals surface area contributed by atoms with Crippen molar-refractivity contribution in [3.63, 3.8) is 0 Å². The lowest BCUT2D eigenvalue weighted by Crippen LogP contribution is -2.45. The van der Waals surface area contributed by atoms with Crippen molar-refractivity contribution >= 4 is 29.1 Å². The number of thiazole rings is 1. The van der Waals surface area contributed by atoms with Gasteiger partial charge in [0.05, 0.1) is 18.7 Å². The number of hydrogen-bond donors (Lipinski definition) is 1. The summed E-state index contributed by atoms with van der Waals surface area (Å²) in [5, 5.41) is 5.31. The maximum atomic E-state index is 13.0. The van der Waals surface area contributed by atoms with Gasteiger partial charge in [-0.3, -0.25) is 9.59 Å². The van der Waals surface area contributed by atoms with Crippen molar-refractivity contribution in [1.82, 2.24) is 15.2 Å². The number of carbonyl (C=O) groups excluding carboxylic acids is 3. The van der Waals surface area contributed by atoms with E-state index in [2.05, 4.69) is 10.3 Å². The molecule has 1 saturated heterocycles. The first-order chi connectivity index (χ1) is 16.4. The second-order valence-corrected chi connectivity index (χ2v) is 8.58. The number of esters is 1. The van der Waals surface area contributed by atoms with Crippen LogP contribution in [0, 0.1) is 5.82 Å². The number of carbonyl (C=O) groups is 3. The third kappa shape index (κ3) is 5.40. The molecule has 2 aromatic carbocycles. The number of rotatable bonds is 7. The van der Waals surface area contributed by atoms with Gasteiger partial charge in [-0.2, -0.15) is 0 Å². The van der Waals surface area contributed by atoms with Crippen LogP contribution in [0.2, 0.25) is 0 Å². The van der Waals surface area contributed by atoms with Crippen LogP contribution in [0.15, 0.2) is 60.1 Å². The Bertz CT molecular complexity index is 1150. The number of likely N-dealkylation sites (tertiary alicyclic amines) is 1. The lowest BCUT2D eigenvalue weighted by molar-refractivity contribution is -0.150. The van der Waals surface area contributed by atoms with Crippen molar-refractivity contribution < 1.29 is 28.2 Å². The van der Waals surface area contributed by atoms with E-state index in [9.17, 15) is 18.8 Å². The number of nitrogens with one attached hydrogen (secondary N) is 1. The molecule has 0 radical (unpaired) electrons. The molecular formula is C24H22FN3O5S. The highest BCUT2D eigenvalue weighted by molar-refractivity contribution is 7.09. The minimum Gasteiger partial charge on any atom is -0.467 e. The van der Waals surface area contributed by atoms with Gasteiger partial charge < -0.3 is 19.7 Å². The van der Waals surface area contributed by atoms with E-state index in [-0.39, 0.29) is 24.2 Å². The Hall–Kier alpha value is -3.79. The summed E-state index contributed by atoms with van der Waals surface area (Å²) in [6.45, 7) is 0.0716. The molecular weight excluding hydrogens is 461 g/mol. The SMILES string of the molecule is COC(=O)[C@@H]1C[C@H](c2nccs2)CN1C(=O)CNC(=O)c1ccc(Oc2ccc(F)cc2)cc1. The van der Waals surface area contributed by atoms with Gasteiger partial charge in [-0.1, -0.05) is 0 Å². The molecule has 1 fully saturated rings. The molecule has 1 aliphatic rings. The van der Waals surface area contributed by atoms with Crippen molar-refractivity contribution in [1.29, 1.82) is 0 Å². The highest BCUT2D eigenvalue weighted by Gasteiger charge is 2.41. The first-order valence-corrected chi connectivity index (χ1v) is 11.4. The van der Waals surface area contributed by atoms with Crippen molar-refractivity contribution in [3.8, 4) is 11.5 Å². The van der Waals surface area contributed by atoms with E-state index in [0.717, 1.165) is 5.01 Å². The summed E-state index contributed by atoms with van der Waals surface area (Å²) in [5.74, 6) is -0.783. The maximum Gasteiger partial charge on any atom is 0.328 e. The van der Waals surface area contributed by atoms with Crippen LogP contribution < -0.4 is 10.1 Å². The van der Waals surface area contributed by atoms with E-state index in [1.165, 1.54) is 47.6 Å². The van der Waals surface area contributed by atoms with Crippen molar-refractivity contribution in [2.45, 2.75) is 18.4 Å². The van der Waals surface area contributed by atoms with Gasteiger partial charge in [0.25, 0.3) is 5.91 Å². The van der Waals surface area contributed by atoms with E-state index < -0.39 is 17.9 Å². The molecule has 0 spiro atoms. The molecule has 2 atom stereocenters. The van der Waals surface area contributed by atoms with E-state index >= 15 is 0 Å². The summed E-state index contributed by atoms with van der Waals surface area (Å²) in [5.41, 5.74) is 0.339. The predicted octanol–water partition coefficient (Wildman–Crippen LogP) is 3.36. The average Bonchev–Trinajstić information content (AvgIpc) is 3.54. The summed E-state index contributed by atoms with van der Waals surface area (Å²) in [7, 11) is 1.28. The summed E-state index contributed by atoms with van der Waals surface area (Å²) in [6.07, 6.45) is 2.11. The molecule has 176 valence electrons. The Kier molecular flexibility index (Phi) is 7.17. The number of amides is 2. The largest absolute Gasteiger partial charge is 0.467 e. The van der Waals surface area contributed by atoms with E-state index in [4.69, 9.17) is 9.47 Å². The molecule has 0 aliphatic carbocycles. The van der Waals surface area contributed by atoms with Crippen LogP contribution in [0.5, 0.6) is 11.5 Å². The number of nitrogens with zero attached hydrogens (tertiary/aromatic N) is 2. The van der Waals surface area contributed by atoms with Gasteiger partial charge in [0.15, 0.2) is 0 Å². The van der Waals surface area contributed by atoms with Crippen LogP contribution in [0.3, 0.4) is 0 Å². The van der Waals surface area contributed by atoms with Crippen molar-refractivity contribution in [2.75, 3.05) is 20.2 Å². The maximum absolute atomic E-state index is 13.0. The fourth-order valence-corrected chi connectivity index (χ4v) is 4.50. The van der Waals surface area contributed by atoms with Crippen LogP contribution in [0.25, 0.3) is 0 Å². The number of halogens is 1. The van der Waals surface area contributed by atoms with Crippen LogP contribution in [0.4, 0.5) is 4.39 Å². The Labute approximate surface area is 199 Å². The van der Waals surface area contributed by atoms with Gasteiger partial charge in [-0.05, 0) is 55.0 Å². The molecule has 1 aromatic heterocycles. The van der Waals surface area contributed by atoms with Gasteiger partial charge in [-0.15, -0.1) is 11.3 Å². The fraction of sp³-hybridized carbons (Fsp3) is 0.250. The molecule has 0 bridgehead atoms. The molecule has 4 rings (SSSR count). The summed E-state index contributed by atoms with van der Waals surface area (Å²) >= 11 is 1.48. The Morgan fingerprint density at radius 1 is 1.12 bits per heavy atom. The third-order valence-corrected chi connectivity index (χ3v) is 6.40. The number of methoxy groups -OCH3 is 1. The average molecular weight is 484 g/mol. The van der Waals surface area contributed by atoms with Crippen LogP contribution in [-0.4, -0.2) is 53.9 Å². The van der Waals surface area contributed by atoms with Crippen LogP contribution in [0.1, 0.15) is 27.7 Å². The molecule has 1 aliphatic heterocycles. The second kappa shape index (κ2) is 10.4. The van der Waals surface area contributed by atoms with E-state index in [1.807, 2.05) is 5.38 Å². The normalized spacial score (nSPS) is 17.3. The molecule has 34 heavy (non-hydrogen) atoms.